The fourth-order valence-corrected chi connectivity index (χ4v) is 5.57. The molecular formula is C30H45FN4O3. The Bertz CT molecular complexity index is 943. The number of rotatable bonds is 16. The maximum absolute atomic E-state index is 13.5. The van der Waals surface area contributed by atoms with Crippen molar-refractivity contribution >= 4 is 17.2 Å². The maximum atomic E-state index is 13.5. The summed E-state index contributed by atoms with van der Waals surface area (Å²) in [5, 5.41) is 3.37. The Morgan fingerprint density at radius 1 is 0.974 bits per heavy atom. The van der Waals surface area contributed by atoms with Crippen LogP contribution in [0.15, 0.2) is 42.6 Å². The molecular weight excluding hydrogens is 483 g/mol. The molecule has 8 heteroatoms. The molecule has 1 unspecified atom stereocenters. The second-order valence-electron chi connectivity index (χ2n) is 10.4. The van der Waals surface area contributed by atoms with Crippen molar-refractivity contribution in [2.24, 2.45) is 5.92 Å². The zero-order chi connectivity index (χ0) is 26.4. The van der Waals surface area contributed by atoms with Gasteiger partial charge in [-0.2, -0.15) is 0 Å². The normalized spacial score (nSPS) is 19.7. The Kier molecular flexibility index (Phi) is 11.9. The minimum absolute atomic E-state index is 0.205. The van der Waals surface area contributed by atoms with Gasteiger partial charge in [0, 0.05) is 69.6 Å². The van der Waals surface area contributed by atoms with E-state index in [4.69, 9.17) is 19.2 Å². The SMILES string of the molecule is COCCOCCOCCC1C[C@@H](CCCNc2cccc(F)c2)N(c2cc(N3CCCCC3)ccn2)C1. The smallest absolute Gasteiger partial charge is 0.130 e. The van der Waals surface area contributed by atoms with Crippen LogP contribution in [-0.2, 0) is 14.2 Å². The quantitative estimate of drug-likeness (QED) is 0.294. The summed E-state index contributed by atoms with van der Waals surface area (Å²) < 4.78 is 29.9. The molecule has 0 saturated carbocycles. The van der Waals surface area contributed by atoms with Crippen molar-refractivity contribution in [2.45, 2.75) is 51.0 Å². The molecule has 210 valence electrons. The molecule has 7 nitrogen and oxygen atoms in total. The van der Waals surface area contributed by atoms with E-state index in [9.17, 15) is 4.39 Å². The van der Waals surface area contributed by atoms with Crippen molar-refractivity contribution in [2.75, 3.05) is 81.4 Å². The highest BCUT2D eigenvalue weighted by Gasteiger charge is 2.32. The lowest BCUT2D eigenvalue weighted by molar-refractivity contribution is 0.0222. The number of hydrogen-bond acceptors (Lipinski definition) is 7. The van der Waals surface area contributed by atoms with Crippen LogP contribution in [0.25, 0.3) is 0 Å². The van der Waals surface area contributed by atoms with E-state index in [0.29, 0.717) is 38.4 Å². The Morgan fingerprint density at radius 2 is 1.79 bits per heavy atom. The van der Waals surface area contributed by atoms with Gasteiger partial charge in [0.2, 0.25) is 0 Å². The van der Waals surface area contributed by atoms with Gasteiger partial charge in [-0.05, 0) is 75.1 Å². The zero-order valence-electron chi connectivity index (χ0n) is 23.0. The summed E-state index contributed by atoms with van der Waals surface area (Å²) in [7, 11) is 1.68. The Labute approximate surface area is 227 Å². The maximum Gasteiger partial charge on any atom is 0.130 e. The van der Waals surface area contributed by atoms with Crippen molar-refractivity contribution < 1.29 is 18.6 Å². The number of anilines is 3. The van der Waals surface area contributed by atoms with Gasteiger partial charge < -0.3 is 29.3 Å². The molecule has 2 aliphatic heterocycles. The predicted molar refractivity (Wildman–Crippen MR) is 152 cm³/mol. The highest BCUT2D eigenvalue weighted by molar-refractivity contribution is 5.56. The van der Waals surface area contributed by atoms with Crippen molar-refractivity contribution in [3.05, 3.63) is 48.4 Å². The molecule has 1 aromatic carbocycles. The fourth-order valence-electron chi connectivity index (χ4n) is 5.57. The summed E-state index contributed by atoms with van der Waals surface area (Å²) >= 11 is 0. The number of hydrogen-bond donors (Lipinski definition) is 1. The van der Waals surface area contributed by atoms with Crippen LogP contribution in [0.2, 0.25) is 0 Å². The number of halogens is 1. The number of piperidine rings is 1. The average molecular weight is 529 g/mol. The lowest BCUT2D eigenvalue weighted by atomic mass is 10.00. The molecule has 0 spiro atoms. The Hall–Kier alpha value is -2.42. The molecule has 0 bridgehead atoms. The van der Waals surface area contributed by atoms with E-state index < -0.39 is 0 Å². The first-order valence-electron chi connectivity index (χ1n) is 14.3. The molecule has 4 rings (SSSR count). The van der Waals surface area contributed by atoms with Crippen molar-refractivity contribution in [3.63, 3.8) is 0 Å². The minimum Gasteiger partial charge on any atom is -0.385 e. The Balaban J connectivity index is 1.30. The second kappa shape index (κ2) is 15.9. The van der Waals surface area contributed by atoms with E-state index in [2.05, 4.69) is 27.2 Å². The number of ether oxygens (including phenoxy) is 3. The second-order valence-corrected chi connectivity index (χ2v) is 10.4. The van der Waals surface area contributed by atoms with Crippen LogP contribution < -0.4 is 15.1 Å². The van der Waals surface area contributed by atoms with Crippen LogP contribution in [0.3, 0.4) is 0 Å². The van der Waals surface area contributed by atoms with Crippen LogP contribution in [-0.4, -0.2) is 77.3 Å². The Morgan fingerprint density at radius 3 is 2.61 bits per heavy atom. The number of methoxy groups -OCH3 is 1. The summed E-state index contributed by atoms with van der Waals surface area (Å²) in [6.07, 6.45) is 10.1. The molecule has 2 aromatic rings. The largest absolute Gasteiger partial charge is 0.385 e. The standard InChI is InChI=1S/C30H45FN4O3/c1-36-17-18-38-20-19-37-16-11-25-21-29(9-6-12-32-27-8-5-7-26(31)22-27)35(24-25)30-23-28(10-13-33-30)34-14-3-2-4-15-34/h5,7-8,10,13,22-23,25,29,32H,2-4,6,9,11-12,14-21,24H2,1H3/t25?,29-/m1/s1. The van der Waals surface area contributed by atoms with Crippen molar-refractivity contribution in [1.29, 1.82) is 0 Å². The summed E-state index contributed by atoms with van der Waals surface area (Å²) in [6, 6.07) is 11.6. The third-order valence-corrected chi connectivity index (χ3v) is 7.59. The van der Waals surface area contributed by atoms with Gasteiger partial charge in [-0.1, -0.05) is 6.07 Å². The van der Waals surface area contributed by atoms with Gasteiger partial charge in [0.25, 0.3) is 0 Å². The minimum atomic E-state index is -0.205. The lowest BCUT2D eigenvalue weighted by Crippen LogP contribution is -2.32. The molecule has 1 aromatic heterocycles. The fraction of sp³-hybridized carbons (Fsp3) is 0.633. The first-order chi connectivity index (χ1) is 18.7. The molecule has 2 aliphatic rings. The number of nitrogens with zero attached hydrogens (tertiary/aromatic N) is 3. The summed E-state index contributed by atoms with van der Waals surface area (Å²) in [5.41, 5.74) is 2.13. The van der Waals surface area contributed by atoms with Crippen LogP contribution in [0.1, 0.15) is 44.9 Å². The molecule has 2 fully saturated rings. The highest BCUT2D eigenvalue weighted by Crippen LogP contribution is 2.34. The van der Waals surface area contributed by atoms with Gasteiger partial charge in [-0.15, -0.1) is 0 Å². The molecule has 2 saturated heterocycles. The first kappa shape index (κ1) is 28.6. The van der Waals surface area contributed by atoms with Crippen molar-refractivity contribution in [1.82, 2.24) is 4.98 Å². The van der Waals surface area contributed by atoms with Gasteiger partial charge in [-0.3, -0.25) is 0 Å². The van der Waals surface area contributed by atoms with Gasteiger partial charge in [0.15, 0.2) is 0 Å². The van der Waals surface area contributed by atoms with Gasteiger partial charge in [-0.25, -0.2) is 9.37 Å². The van der Waals surface area contributed by atoms with Gasteiger partial charge >= 0.3 is 0 Å². The summed E-state index contributed by atoms with van der Waals surface area (Å²) in [4.78, 5) is 9.84. The third-order valence-electron chi connectivity index (χ3n) is 7.59. The van der Waals surface area contributed by atoms with E-state index in [-0.39, 0.29) is 5.82 Å². The number of benzene rings is 1. The van der Waals surface area contributed by atoms with E-state index in [1.54, 1.807) is 19.2 Å². The topological polar surface area (TPSA) is 59.1 Å². The van der Waals surface area contributed by atoms with E-state index >= 15 is 0 Å². The van der Waals surface area contributed by atoms with Crippen LogP contribution in [0, 0.1) is 11.7 Å². The molecule has 0 aliphatic carbocycles. The molecule has 0 amide bonds. The monoisotopic (exact) mass is 528 g/mol. The van der Waals surface area contributed by atoms with Crippen LogP contribution in [0.4, 0.5) is 21.6 Å². The van der Waals surface area contributed by atoms with Crippen LogP contribution >= 0.6 is 0 Å². The first-order valence-corrected chi connectivity index (χ1v) is 14.3. The third kappa shape index (κ3) is 9.10. The molecule has 0 radical (unpaired) electrons. The van der Waals surface area contributed by atoms with Gasteiger partial charge in [0.05, 0.1) is 26.4 Å². The highest BCUT2D eigenvalue weighted by atomic mass is 19.1. The lowest BCUT2D eigenvalue weighted by Gasteiger charge is -2.31. The molecule has 38 heavy (non-hydrogen) atoms. The molecule has 2 atom stereocenters. The van der Waals surface area contributed by atoms with E-state index in [1.165, 1.54) is 31.0 Å². The summed E-state index contributed by atoms with van der Waals surface area (Å²) in [5.74, 6) is 1.46. The number of nitrogens with one attached hydrogen (secondary N) is 1. The average Bonchev–Trinajstić information content (AvgIpc) is 3.36. The number of pyridine rings is 1. The number of aromatic nitrogens is 1. The van der Waals surface area contributed by atoms with Crippen molar-refractivity contribution in [3.8, 4) is 0 Å². The predicted octanol–water partition coefficient (Wildman–Crippen LogP) is 5.37. The van der Waals surface area contributed by atoms with Crippen LogP contribution in [0.5, 0.6) is 0 Å². The van der Waals surface area contributed by atoms with E-state index in [1.807, 2.05) is 12.3 Å². The molecule has 3 heterocycles. The van der Waals surface area contributed by atoms with E-state index in [0.717, 1.165) is 70.0 Å². The summed E-state index contributed by atoms with van der Waals surface area (Å²) in [6.45, 7) is 7.30. The zero-order valence-corrected chi connectivity index (χ0v) is 23.0. The molecule has 1 N–H and O–H groups in total. The van der Waals surface area contributed by atoms with Gasteiger partial charge in [0.1, 0.15) is 11.6 Å².